The minimum atomic E-state index is -0.518. The molecule has 3 heterocycles. The molecule has 0 aliphatic carbocycles. The maximum Gasteiger partial charge on any atom is 0.308 e. The molecule has 4 rings (SSSR count). The van der Waals surface area contributed by atoms with Gasteiger partial charge in [-0.05, 0) is 12.1 Å². The van der Waals surface area contributed by atoms with Gasteiger partial charge in [0, 0.05) is 24.0 Å². The van der Waals surface area contributed by atoms with Crippen molar-refractivity contribution in [1.82, 2.24) is 19.7 Å². The topological polar surface area (TPSA) is 117 Å². The van der Waals surface area contributed by atoms with E-state index >= 15 is 0 Å². The number of hydrogen-bond donors (Lipinski definition) is 0. The predicted molar refractivity (Wildman–Crippen MR) is 99.4 cm³/mol. The van der Waals surface area contributed by atoms with Gasteiger partial charge in [0.15, 0.2) is 5.82 Å². The summed E-state index contributed by atoms with van der Waals surface area (Å²) in [6.45, 7) is 0.0909. The van der Waals surface area contributed by atoms with E-state index in [9.17, 15) is 14.9 Å². The van der Waals surface area contributed by atoms with E-state index in [0.29, 0.717) is 5.56 Å². The number of aromatic nitrogens is 4. The summed E-state index contributed by atoms with van der Waals surface area (Å²) >= 11 is 0. The van der Waals surface area contributed by atoms with Crippen molar-refractivity contribution in [3.8, 4) is 22.7 Å². The lowest BCUT2D eigenvalue weighted by atomic mass is 10.1. The lowest BCUT2D eigenvalue weighted by Gasteiger charge is -2.04. The number of pyridine rings is 2. The molecule has 4 aromatic rings. The monoisotopic (exact) mass is 375 g/mol. The predicted octanol–water partition coefficient (Wildman–Crippen LogP) is 2.92. The van der Waals surface area contributed by atoms with Gasteiger partial charge in [-0.25, -0.2) is 4.98 Å². The Labute approximate surface area is 158 Å². The first kappa shape index (κ1) is 17.3. The quantitative estimate of drug-likeness (QED) is 0.389. The van der Waals surface area contributed by atoms with Crippen LogP contribution in [0, 0.1) is 10.1 Å². The van der Waals surface area contributed by atoms with Gasteiger partial charge >= 0.3 is 5.69 Å². The first-order chi connectivity index (χ1) is 13.6. The van der Waals surface area contributed by atoms with Gasteiger partial charge in [-0.2, -0.15) is 4.98 Å². The van der Waals surface area contributed by atoms with Gasteiger partial charge in [-0.15, -0.1) is 0 Å². The van der Waals surface area contributed by atoms with Crippen molar-refractivity contribution in [2.45, 2.75) is 6.54 Å². The van der Waals surface area contributed by atoms with Crippen molar-refractivity contribution in [2.24, 2.45) is 0 Å². The van der Waals surface area contributed by atoms with E-state index in [4.69, 9.17) is 4.52 Å². The fourth-order valence-electron chi connectivity index (χ4n) is 2.79. The number of benzene rings is 1. The van der Waals surface area contributed by atoms with Crippen LogP contribution in [0.4, 0.5) is 5.69 Å². The van der Waals surface area contributed by atoms with Crippen LogP contribution in [0.3, 0.4) is 0 Å². The minimum Gasteiger partial charge on any atom is -0.334 e. The van der Waals surface area contributed by atoms with Gasteiger partial charge in [0.05, 0.1) is 11.5 Å². The average molecular weight is 375 g/mol. The molecule has 9 heteroatoms. The normalized spacial score (nSPS) is 10.7. The minimum absolute atomic E-state index is 0.00902. The van der Waals surface area contributed by atoms with Crippen molar-refractivity contribution >= 4 is 5.69 Å². The summed E-state index contributed by atoms with van der Waals surface area (Å²) in [5, 5.41) is 15.6. The van der Waals surface area contributed by atoms with Crippen LogP contribution in [0.2, 0.25) is 0 Å². The third kappa shape index (κ3) is 3.28. The SMILES string of the molecule is O=c1ccccn1Cc1noc(-c2ccnc(-c3ccccc3)c2[N+](=O)[O-])n1. The number of nitro groups is 1. The Balaban J connectivity index is 1.76. The average Bonchev–Trinajstić information content (AvgIpc) is 3.18. The standard InChI is InChI=1S/C19H13N5O4/c25-16-8-4-5-11-23(16)12-15-21-19(28-22-15)14-9-10-20-17(18(14)24(26)27)13-6-2-1-3-7-13/h1-11H,12H2. The first-order valence-electron chi connectivity index (χ1n) is 8.31. The molecule has 28 heavy (non-hydrogen) atoms. The second-order valence-electron chi connectivity index (χ2n) is 5.86. The Morgan fingerprint density at radius 3 is 2.61 bits per heavy atom. The van der Waals surface area contributed by atoms with E-state index in [1.807, 2.05) is 6.07 Å². The van der Waals surface area contributed by atoms with Crippen molar-refractivity contribution in [3.63, 3.8) is 0 Å². The summed E-state index contributed by atoms with van der Waals surface area (Å²) in [5.74, 6) is 0.223. The van der Waals surface area contributed by atoms with Gasteiger partial charge < -0.3 is 9.09 Å². The Bertz CT molecular complexity index is 1200. The smallest absolute Gasteiger partial charge is 0.308 e. The highest BCUT2D eigenvalue weighted by Gasteiger charge is 2.26. The Hall–Kier alpha value is -4.14. The molecule has 3 aromatic heterocycles. The molecule has 9 nitrogen and oxygen atoms in total. The van der Waals surface area contributed by atoms with Crippen LogP contribution in [-0.4, -0.2) is 24.6 Å². The fourth-order valence-corrected chi connectivity index (χ4v) is 2.79. The highest BCUT2D eigenvalue weighted by Crippen LogP contribution is 2.36. The third-order valence-electron chi connectivity index (χ3n) is 4.06. The van der Waals surface area contributed by atoms with Crippen molar-refractivity contribution < 1.29 is 9.45 Å². The zero-order valence-corrected chi connectivity index (χ0v) is 14.4. The van der Waals surface area contributed by atoms with E-state index in [1.165, 1.54) is 22.9 Å². The molecular formula is C19H13N5O4. The summed E-state index contributed by atoms with van der Waals surface area (Å²) in [6.07, 6.45) is 3.05. The Kier molecular flexibility index (Phi) is 4.47. The second kappa shape index (κ2) is 7.23. The van der Waals surface area contributed by atoms with Crippen LogP contribution in [0.5, 0.6) is 0 Å². The molecular weight excluding hydrogens is 362 g/mol. The maximum atomic E-state index is 11.8. The van der Waals surface area contributed by atoms with Crippen LogP contribution in [0.15, 0.2) is 76.3 Å². The van der Waals surface area contributed by atoms with Crippen LogP contribution in [0.25, 0.3) is 22.7 Å². The second-order valence-corrected chi connectivity index (χ2v) is 5.86. The summed E-state index contributed by atoms with van der Waals surface area (Å²) < 4.78 is 6.64. The van der Waals surface area contributed by atoms with Gasteiger partial charge in [0.25, 0.3) is 11.4 Å². The highest BCUT2D eigenvalue weighted by atomic mass is 16.6. The van der Waals surface area contributed by atoms with Gasteiger partial charge in [-0.3, -0.25) is 14.9 Å². The van der Waals surface area contributed by atoms with Crippen LogP contribution in [0.1, 0.15) is 5.82 Å². The van der Waals surface area contributed by atoms with Crippen LogP contribution in [-0.2, 0) is 6.54 Å². The highest BCUT2D eigenvalue weighted by molar-refractivity contribution is 5.80. The van der Waals surface area contributed by atoms with Crippen LogP contribution < -0.4 is 5.56 Å². The van der Waals surface area contributed by atoms with Gasteiger partial charge in [-0.1, -0.05) is 41.6 Å². The van der Waals surface area contributed by atoms with Gasteiger partial charge in [0.2, 0.25) is 0 Å². The van der Waals surface area contributed by atoms with Gasteiger partial charge in [0.1, 0.15) is 11.3 Å². The van der Waals surface area contributed by atoms with Crippen molar-refractivity contribution in [2.75, 3.05) is 0 Å². The summed E-state index contributed by atoms with van der Waals surface area (Å²) in [5.41, 5.74) is 0.544. The lowest BCUT2D eigenvalue weighted by Crippen LogP contribution is -2.18. The van der Waals surface area contributed by atoms with E-state index in [2.05, 4.69) is 15.1 Å². The fraction of sp³-hybridized carbons (Fsp3) is 0.0526. The molecule has 0 atom stereocenters. The summed E-state index contributed by atoms with van der Waals surface area (Å²) in [6, 6.07) is 15.0. The molecule has 0 aliphatic rings. The molecule has 0 amide bonds. The molecule has 0 radical (unpaired) electrons. The Morgan fingerprint density at radius 2 is 1.86 bits per heavy atom. The molecule has 0 saturated heterocycles. The molecule has 0 bridgehead atoms. The number of hydrogen-bond acceptors (Lipinski definition) is 7. The zero-order valence-electron chi connectivity index (χ0n) is 14.4. The summed E-state index contributed by atoms with van der Waals surface area (Å²) in [7, 11) is 0. The van der Waals surface area contributed by atoms with Crippen molar-refractivity contribution in [1.29, 1.82) is 0 Å². The molecule has 138 valence electrons. The van der Waals surface area contributed by atoms with E-state index in [-0.39, 0.29) is 40.8 Å². The van der Waals surface area contributed by atoms with Crippen LogP contribution >= 0.6 is 0 Å². The van der Waals surface area contributed by atoms with E-state index in [0.717, 1.165) is 0 Å². The molecule has 0 N–H and O–H groups in total. The summed E-state index contributed by atoms with van der Waals surface area (Å²) in [4.78, 5) is 31.5. The van der Waals surface area contributed by atoms with E-state index < -0.39 is 4.92 Å². The largest absolute Gasteiger partial charge is 0.334 e. The number of nitrogens with zero attached hydrogens (tertiary/aromatic N) is 5. The number of rotatable bonds is 5. The maximum absolute atomic E-state index is 11.8. The molecule has 0 unspecified atom stereocenters. The lowest BCUT2D eigenvalue weighted by molar-refractivity contribution is -0.383. The van der Waals surface area contributed by atoms with Crippen molar-refractivity contribution in [3.05, 3.63) is 93.3 Å². The third-order valence-corrected chi connectivity index (χ3v) is 4.06. The molecule has 0 fully saturated rings. The molecule has 1 aromatic carbocycles. The Morgan fingerprint density at radius 1 is 1.07 bits per heavy atom. The molecule has 0 saturated carbocycles. The molecule has 0 aliphatic heterocycles. The molecule has 0 spiro atoms. The first-order valence-corrected chi connectivity index (χ1v) is 8.31. The zero-order chi connectivity index (χ0) is 19.5. The van der Waals surface area contributed by atoms with E-state index in [1.54, 1.807) is 42.6 Å².